The number of likely N-dealkylation sites (N-methyl/N-ethyl adjacent to an activating group) is 1. The van der Waals surface area contributed by atoms with Crippen molar-refractivity contribution in [3.63, 3.8) is 0 Å². The highest BCUT2D eigenvalue weighted by Crippen LogP contribution is 2.31. The molecular formula is C16H19FN2O2. The average molecular weight is 290 g/mol. The first-order chi connectivity index (χ1) is 10.1. The zero-order valence-corrected chi connectivity index (χ0v) is 12.0. The van der Waals surface area contributed by atoms with E-state index in [1.165, 1.54) is 12.1 Å². The summed E-state index contributed by atoms with van der Waals surface area (Å²) in [4.78, 5) is 13.5. The number of rotatable bonds is 3. The summed E-state index contributed by atoms with van der Waals surface area (Å²) in [6.45, 7) is 0.964. The summed E-state index contributed by atoms with van der Waals surface area (Å²) in [6.07, 6.45) is 2.80. The number of likely N-dealkylation sites (tertiary alicyclic amines) is 1. The van der Waals surface area contributed by atoms with Gasteiger partial charge in [0.1, 0.15) is 11.6 Å². The predicted molar refractivity (Wildman–Crippen MR) is 77.8 cm³/mol. The number of nitrogens with one attached hydrogen (secondary N) is 1. The minimum absolute atomic E-state index is 0.181. The second-order valence-corrected chi connectivity index (χ2v) is 5.80. The fourth-order valence-electron chi connectivity index (χ4n) is 3.06. The summed E-state index contributed by atoms with van der Waals surface area (Å²) in [5.74, 6) is 0.811. The molecule has 1 saturated heterocycles. The lowest BCUT2D eigenvalue weighted by Crippen LogP contribution is -2.40. The van der Waals surface area contributed by atoms with Gasteiger partial charge in [0, 0.05) is 18.0 Å². The standard InChI is InChI=1S/C16H19FN2O2/c1-19-7-6-12(15-10-16(20)18-21-15)9-14(19)8-11-2-4-13(17)5-3-11/h2-5,10,12,14H,6-9H2,1H3,(H,18,20). The molecule has 0 saturated carbocycles. The van der Waals surface area contributed by atoms with Crippen LogP contribution in [-0.4, -0.2) is 29.7 Å². The van der Waals surface area contributed by atoms with Crippen molar-refractivity contribution in [1.82, 2.24) is 10.1 Å². The Kier molecular flexibility index (Phi) is 3.92. The van der Waals surface area contributed by atoms with Gasteiger partial charge in [-0.15, -0.1) is 0 Å². The summed E-state index contributed by atoms with van der Waals surface area (Å²) in [5.41, 5.74) is 0.948. The Balaban J connectivity index is 1.71. The molecule has 0 bridgehead atoms. The fraction of sp³-hybridized carbons (Fsp3) is 0.438. The van der Waals surface area contributed by atoms with Crippen LogP contribution in [0.15, 0.2) is 39.6 Å². The number of halogens is 1. The molecule has 5 heteroatoms. The van der Waals surface area contributed by atoms with Crippen LogP contribution in [0.5, 0.6) is 0 Å². The minimum atomic E-state index is -0.206. The fourth-order valence-corrected chi connectivity index (χ4v) is 3.06. The molecule has 1 aliphatic rings. The van der Waals surface area contributed by atoms with Crippen molar-refractivity contribution in [2.45, 2.75) is 31.2 Å². The number of piperidine rings is 1. The summed E-state index contributed by atoms with van der Waals surface area (Å²) >= 11 is 0. The van der Waals surface area contributed by atoms with Crippen LogP contribution in [0, 0.1) is 5.82 Å². The van der Waals surface area contributed by atoms with Crippen LogP contribution in [0.1, 0.15) is 30.1 Å². The van der Waals surface area contributed by atoms with Crippen LogP contribution >= 0.6 is 0 Å². The normalized spacial score (nSPS) is 23.3. The zero-order chi connectivity index (χ0) is 14.8. The van der Waals surface area contributed by atoms with Crippen LogP contribution < -0.4 is 5.56 Å². The Labute approximate surface area is 122 Å². The van der Waals surface area contributed by atoms with Crippen LogP contribution in [0.25, 0.3) is 0 Å². The van der Waals surface area contributed by atoms with Crippen molar-refractivity contribution in [3.05, 3.63) is 57.8 Å². The molecule has 0 amide bonds. The molecule has 21 heavy (non-hydrogen) atoms. The van der Waals surface area contributed by atoms with E-state index in [0.717, 1.165) is 37.1 Å². The van der Waals surface area contributed by atoms with Crippen molar-refractivity contribution in [1.29, 1.82) is 0 Å². The van der Waals surface area contributed by atoms with E-state index in [1.54, 1.807) is 6.07 Å². The molecule has 2 heterocycles. The number of nitrogens with zero attached hydrogens (tertiary/aromatic N) is 1. The number of hydrogen-bond donors (Lipinski definition) is 1. The Hall–Kier alpha value is -1.88. The van der Waals surface area contributed by atoms with Crippen LogP contribution in [0.4, 0.5) is 4.39 Å². The minimum Gasteiger partial charge on any atom is -0.383 e. The van der Waals surface area contributed by atoms with E-state index < -0.39 is 0 Å². The Morgan fingerprint density at radius 3 is 2.81 bits per heavy atom. The quantitative estimate of drug-likeness (QED) is 0.945. The average Bonchev–Trinajstić information content (AvgIpc) is 2.90. The number of aromatic nitrogens is 1. The number of benzene rings is 1. The van der Waals surface area contributed by atoms with Gasteiger partial charge in [-0.25, -0.2) is 4.39 Å². The molecule has 112 valence electrons. The van der Waals surface area contributed by atoms with Gasteiger partial charge in [0.2, 0.25) is 0 Å². The summed E-state index contributed by atoms with van der Waals surface area (Å²) in [6, 6.07) is 8.59. The van der Waals surface area contributed by atoms with Crippen LogP contribution in [0.2, 0.25) is 0 Å². The van der Waals surface area contributed by atoms with E-state index in [2.05, 4.69) is 17.1 Å². The molecule has 0 spiro atoms. The molecule has 2 unspecified atom stereocenters. The maximum atomic E-state index is 13.0. The highest BCUT2D eigenvalue weighted by atomic mass is 19.1. The highest BCUT2D eigenvalue weighted by Gasteiger charge is 2.29. The molecule has 1 fully saturated rings. The van der Waals surface area contributed by atoms with Gasteiger partial charge in [0.15, 0.2) is 0 Å². The summed E-state index contributed by atoms with van der Waals surface area (Å²) < 4.78 is 18.2. The first-order valence-corrected chi connectivity index (χ1v) is 7.25. The maximum Gasteiger partial charge on any atom is 0.280 e. The van der Waals surface area contributed by atoms with Gasteiger partial charge in [0.05, 0.1) is 0 Å². The molecule has 1 aromatic carbocycles. The lowest BCUT2D eigenvalue weighted by atomic mass is 9.86. The van der Waals surface area contributed by atoms with E-state index in [1.807, 2.05) is 12.1 Å². The molecule has 3 rings (SSSR count). The van der Waals surface area contributed by atoms with Gasteiger partial charge in [0.25, 0.3) is 5.56 Å². The van der Waals surface area contributed by atoms with Crippen molar-refractivity contribution in [2.24, 2.45) is 0 Å². The van der Waals surface area contributed by atoms with Gasteiger partial charge in [-0.05, 0) is 50.6 Å². The van der Waals surface area contributed by atoms with E-state index in [0.29, 0.717) is 6.04 Å². The van der Waals surface area contributed by atoms with Crippen molar-refractivity contribution in [2.75, 3.05) is 13.6 Å². The molecular weight excluding hydrogens is 271 g/mol. The highest BCUT2D eigenvalue weighted by molar-refractivity contribution is 5.18. The Bertz CT molecular complexity index is 647. The smallest absolute Gasteiger partial charge is 0.280 e. The van der Waals surface area contributed by atoms with Gasteiger partial charge in [-0.1, -0.05) is 12.1 Å². The number of hydrogen-bond acceptors (Lipinski definition) is 3. The number of H-pyrrole nitrogens is 1. The molecule has 1 N–H and O–H groups in total. The second kappa shape index (κ2) is 5.85. The maximum absolute atomic E-state index is 13.0. The molecule has 1 aliphatic heterocycles. The molecule has 0 radical (unpaired) electrons. The lowest BCUT2D eigenvalue weighted by molar-refractivity contribution is 0.155. The predicted octanol–water partition coefficient (Wildman–Crippen LogP) is 2.53. The van der Waals surface area contributed by atoms with E-state index in [4.69, 9.17) is 4.52 Å². The largest absolute Gasteiger partial charge is 0.383 e. The lowest BCUT2D eigenvalue weighted by Gasteiger charge is -2.36. The van der Waals surface area contributed by atoms with Crippen molar-refractivity contribution < 1.29 is 8.91 Å². The van der Waals surface area contributed by atoms with Gasteiger partial charge >= 0.3 is 0 Å². The Morgan fingerprint density at radius 2 is 2.14 bits per heavy atom. The topological polar surface area (TPSA) is 49.2 Å². The summed E-state index contributed by atoms with van der Waals surface area (Å²) in [5, 5.41) is 2.36. The third-order valence-corrected chi connectivity index (χ3v) is 4.34. The molecule has 4 nitrogen and oxygen atoms in total. The molecule has 0 aliphatic carbocycles. The third-order valence-electron chi connectivity index (χ3n) is 4.34. The van der Waals surface area contributed by atoms with Gasteiger partial charge in [-0.2, -0.15) is 5.16 Å². The van der Waals surface area contributed by atoms with Crippen molar-refractivity contribution >= 4 is 0 Å². The Morgan fingerprint density at radius 1 is 1.38 bits per heavy atom. The first-order valence-electron chi connectivity index (χ1n) is 7.25. The summed E-state index contributed by atoms with van der Waals surface area (Å²) in [7, 11) is 2.11. The third kappa shape index (κ3) is 3.24. The molecule has 2 atom stereocenters. The van der Waals surface area contributed by atoms with Crippen LogP contribution in [0.3, 0.4) is 0 Å². The first kappa shape index (κ1) is 14.1. The molecule has 1 aromatic heterocycles. The van der Waals surface area contributed by atoms with E-state index in [-0.39, 0.29) is 17.3 Å². The number of aromatic amines is 1. The van der Waals surface area contributed by atoms with Gasteiger partial charge < -0.3 is 9.42 Å². The monoisotopic (exact) mass is 290 g/mol. The van der Waals surface area contributed by atoms with E-state index in [9.17, 15) is 9.18 Å². The van der Waals surface area contributed by atoms with Crippen molar-refractivity contribution in [3.8, 4) is 0 Å². The van der Waals surface area contributed by atoms with E-state index >= 15 is 0 Å². The second-order valence-electron chi connectivity index (χ2n) is 5.80. The zero-order valence-electron chi connectivity index (χ0n) is 12.0. The van der Waals surface area contributed by atoms with Crippen LogP contribution in [-0.2, 0) is 6.42 Å². The SMILES string of the molecule is CN1CCC(c2cc(=O)[nH]o2)CC1Cc1ccc(F)cc1. The molecule has 2 aromatic rings. The van der Waals surface area contributed by atoms with Gasteiger partial charge in [-0.3, -0.25) is 4.79 Å².